The molecule has 5 aliphatic rings. The summed E-state index contributed by atoms with van der Waals surface area (Å²) in [7, 11) is 1.71. The molecule has 0 radical (unpaired) electrons. The fraction of sp³-hybridized carbons (Fsp3) is 1.00. The molecule has 0 bridgehead atoms. The van der Waals surface area contributed by atoms with Gasteiger partial charge in [0.2, 0.25) is 0 Å². The standard InChI is InChI=1S/C47H86O10/c1-18-34-24(7)23(6)29(12)43(49-34)54-39-30(13)37(21-4)50-44(32(39)15)55-40-31(14)38(22-5)51-45(33(40)16)56-42-28(11)26(9)36(20-3)53-47(42)57-41-27(10)25(8)35(19-2)52-46(41)48-17/h23-47H,18-22H2,1-17H3/t23-,24-,25-,26-,27-,28-,29?,30+,31+,32?,33?,34?,35?,36?,37?,38?,39-,40-,41?,42?,43+,44+,45+,46-,47+/m0/s1. The summed E-state index contributed by atoms with van der Waals surface area (Å²) in [5.41, 5.74) is 0. The van der Waals surface area contributed by atoms with Gasteiger partial charge < -0.3 is 47.4 Å². The highest BCUT2D eigenvalue weighted by Crippen LogP contribution is 2.45. The van der Waals surface area contributed by atoms with Crippen LogP contribution in [0.15, 0.2) is 0 Å². The molecule has 5 rings (SSSR count). The molecular formula is C47H86O10. The minimum atomic E-state index is -0.608. The van der Waals surface area contributed by atoms with Crippen molar-refractivity contribution in [3.05, 3.63) is 0 Å². The monoisotopic (exact) mass is 811 g/mol. The predicted octanol–water partition coefficient (Wildman–Crippen LogP) is 9.85. The predicted molar refractivity (Wildman–Crippen MR) is 222 cm³/mol. The summed E-state index contributed by atoms with van der Waals surface area (Å²) in [4.78, 5) is 0. The zero-order valence-corrected chi connectivity index (χ0v) is 39.1. The van der Waals surface area contributed by atoms with E-state index in [1.807, 2.05) is 0 Å². The third-order valence-electron chi connectivity index (χ3n) is 16.1. The lowest BCUT2D eigenvalue weighted by atomic mass is 9.78. The van der Waals surface area contributed by atoms with Crippen molar-refractivity contribution in [1.29, 1.82) is 0 Å². The van der Waals surface area contributed by atoms with E-state index in [9.17, 15) is 0 Å². The third kappa shape index (κ3) is 9.81. The van der Waals surface area contributed by atoms with E-state index in [2.05, 4.69) is 111 Å². The van der Waals surface area contributed by atoms with Crippen molar-refractivity contribution in [2.45, 2.75) is 229 Å². The van der Waals surface area contributed by atoms with Gasteiger partial charge in [-0.1, -0.05) is 111 Å². The van der Waals surface area contributed by atoms with Crippen LogP contribution in [0.25, 0.3) is 0 Å². The Morgan fingerprint density at radius 3 is 0.947 bits per heavy atom. The van der Waals surface area contributed by atoms with E-state index in [1.165, 1.54) is 0 Å². The van der Waals surface area contributed by atoms with Crippen molar-refractivity contribution in [3.63, 3.8) is 0 Å². The van der Waals surface area contributed by atoms with Crippen LogP contribution < -0.4 is 0 Å². The second-order valence-corrected chi connectivity index (χ2v) is 19.3. The van der Waals surface area contributed by atoms with E-state index in [0.717, 1.165) is 32.1 Å². The number of hydrogen-bond acceptors (Lipinski definition) is 10. The number of methoxy groups -OCH3 is 1. The molecular weight excluding hydrogens is 725 g/mol. The van der Waals surface area contributed by atoms with Crippen LogP contribution in [0.2, 0.25) is 0 Å². The van der Waals surface area contributed by atoms with Crippen LogP contribution in [0.4, 0.5) is 0 Å². The van der Waals surface area contributed by atoms with Crippen molar-refractivity contribution in [3.8, 4) is 0 Å². The van der Waals surface area contributed by atoms with Crippen molar-refractivity contribution in [2.75, 3.05) is 7.11 Å². The van der Waals surface area contributed by atoms with Gasteiger partial charge in [-0.15, -0.1) is 0 Å². The van der Waals surface area contributed by atoms with Crippen molar-refractivity contribution in [1.82, 2.24) is 0 Å². The molecule has 5 aliphatic heterocycles. The second kappa shape index (κ2) is 20.6. The zero-order chi connectivity index (χ0) is 42.0. The Morgan fingerprint density at radius 1 is 0.281 bits per heavy atom. The molecule has 0 aliphatic carbocycles. The fourth-order valence-electron chi connectivity index (χ4n) is 11.1. The topological polar surface area (TPSA) is 92.3 Å². The van der Waals surface area contributed by atoms with Crippen LogP contribution in [0.5, 0.6) is 0 Å². The molecule has 0 amide bonds. The van der Waals surface area contributed by atoms with Gasteiger partial charge in [0, 0.05) is 36.7 Å². The molecule has 5 fully saturated rings. The maximum atomic E-state index is 7.23. The quantitative estimate of drug-likeness (QED) is 0.169. The molecule has 10 heteroatoms. The molecule has 57 heavy (non-hydrogen) atoms. The van der Waals surface area contributed by atoms with E-state index in [0.29, 0.717) is 23.7 Å². The van der Waals surface area contributed by atoms with Gasteiger partial charge in [0.05, 0.1) is 42.7 Å². The Balaban J connectivity index is 1.37. The highest BCUT2D eigenvalue weighted by atomic mass is 16.8. The van der Waals surface area contributed by atoms with Crippen LogP contribution in [0.1, 0.15) is 143 Å². The highest BCUT2D eigenvalue weighted by Gasteiger charge is 2.53. The molecule has 0 saturated carbocycles. The van der Waals surface area contributed by atoms with Gasteiger partial charge in [0.1, 0.15) is 12.2 Å². The molecule has 10 nitrogen and oxygen atoms in total. The van der Waals surface area contributed by atoms with Crippen LogP contribution in [0, 0.1) is 65.1 Å². The first-order chi connectivity index (χ1) is 27.1. The lowest BCUT2D eigenvalue weighted by Crippen LogP contribution is -2.60. The molecule has 0 aromatic heterocycles. The van der Waals surface area contributed by atoms with E-state index >= 15 is 0 Å². The van der Waals surface area contributed by atoms with Crippen LogP contribution in [0.3, 0.4) is 0 Å². The number of ether oxygens (including phenoxy) is 10. The molecule has 0 aromatic rings. The molecule has 5 saturated heterocycles. The summed E-state index contributed by atoms with van der Waals surface area (Å²) in [6.07, 6.45) is 1.63. The van der Waals surface area contributed by atoms with Gasteiger partial charge in [-0.05, 0) is 67.6 Å². The van der Waals surface area contributed by atoms with Crippen LogP contribution in [-0.4, -0.2) is 93.5 Å². The summed E-state index contributed by atoms with van der Waals surface area (Å²) in [5, 5.41) is 0. The smallest absolute Gasteiger partial charge is 0.185 e. The average molecular weight is 811 g/mol. The first-order valence-corrected chi connectivity index (χ1v) is 23.5. The summed E-state index contributed by atoms with van der Waals surface area (Å²) in [6, 6.07) is 0. The van der Waals surface area contributed by atoms with Crippen LogP contribution >= 0.6 is 0 Å². The molecule has 10 unspecified atom stereocenters. The summed E-state index contributed by atoms with van der Waals surface area (Å²) >= 11 is 0. The first kappa shape index (κ1) is 47.6. The van der Waals surface area contributed by atoms with Gasteiger partial charge in [0.25, 0.3) is 0 Å². The third-order valence-corrected chi connectivity index (χ3v) is 16.1. The van der Waals surface area contributed by atoms with E-state index in [4.69, 9.17) is 47.4 Å². The normalized spacial score (nSPS) is 52.5. The number of hydrogen-bond donors (Lipinski definition) is 0. The molecule has 0 aromatic carbocycles. The fourth-order valence-corrected chi connectivity index (χ4v) is 11.1. The Bertz CT molecular complexity index is 1200. The molecule has 25 atom stereocenters. The van der Waals surface area contributed by atoms with Gasteiger partial charge in [-0.2, -0.15) is 0 Å². The Morgan fingerprint density at radius 2 is 0.561 bits per heavy atom. The van der Waals surface area contributed by atoms with Gasteiger partial charge in [-0.3, -0.25) is 0 Å². The van der Waals surface area contributed by atoms with E-state index in [-0.39, 0.29) is 103 Å². The van der Waals surface area contributed by atoms with Gasteiger partial charge in [0.15, 0.2) is 31.5 Å². The maximum absolute atomic E-state index is 7.23. The van der Waals surface area contributed by atoms with E-state index < -0.39 is 25.2 Å². The zero-order valence-electron chi connectivity index (χ0n) is 39.1. The minimum Gasteiger partial charge on any atom is -0.353 e. The molecule has 334 valence electrons. The van der Waals surface area contributed by atoms with E-state index in [1.54, 1.807) is 7.11 Å². The lowest BCUT2D eigenvalue weighted by molar-refractivity contribution is -0.379. The first-order valence-electron chi connectivity index (χ1n) is 23.5. The number of rotatable bonds is 14. The molecule has 0 spiro atoms. The van der Waals surface area contributed by atoms with Crippen molar-refractivity contribution < 1.29 is 47.4 Å². The summed E-state index contributed by atoms with van der Waals surface area (Å²) in [6.45, 7) is 35.9. The Labute approximate surface area is 348 Å². The largest absolute Gasteiger partial charge is 0.353 e. The Hall–Kier alpha value is -0.400. The molecule has 5 heterocycles. The summed E-state index contributed by atoms with van der Waals surface area (Å²) in [5.74, 6) is 2.46. The Kier molecular flexibility index (Phi) is 17.3. The minimum absolute atomic E-state index is 0.00507. The summed E-state index contributed by atoms with van der Waals surface area (Å²) < 4.78 is 68.1. The maximum Gasteiger partial charge on any atom is 0.185 e. The highest BCUT2D eigenvalue weighted by molar-refractivity contribution is 4.94. The lowest BCUT2D eigenvalue weighted by Gasteiger charge is -2.52. The van der Waals surface area contributed by atoms with Gasteiger partial charge >= 0.3 is 0 Å². The average Bonchev–Trinajstić information content (AvgIpc) is 3.20. The van der Waals surface area contributed by atoms with Gasteiger partial charge in [-0.25, -0.2) is 0 Å². The van der Waals surface area contributed by atoms with Crippen molar-refractivity contribution in [2.24, 2.45) is 65.1 Å². The second-order valence-electron chi connectivity index (χ2n) is 19.3. The van der Waals surface area contributed by atoms with Crippen LogP contribution in [-0.2, 0) is 47.4 Å². The molecule has 0 N–H and O–H groups in total. The SMILES string of the molecule is CCC1O[C@H](O[C@@H]2C(C)[C@@H](O[C@@H]3C(C)[C@@H](OC4[C@@H](OC5[C@@H](OC)OC(CC)[C@@H](C)[C@@H]5C)OC(CC)[C@@H](C)[C@@H]4C)OC(CC)[C@H]3C)OC(CC)[C@H]2C)C(C)[C@@H](C)[C@@H]1C. The van der Waals surface area contributed by atoms with Crippen molar-refractivity contribution >= 4 is 0 Å².